The number of nitrogens with one attached hydrogen (secondary N) is 1. The number of nitrogens with zero attached hydrogens (tertiary/aromatic N) is 1. The Kier molecular flexibility index (Phi) is 7.82. The van der Waals surface area contributed by atoms with E-state index in [0.29, 0.717) is 12.3 Å². The van der Waals surface area contributed by atoms with Crippen molar-refractivity contribution in [2.75, 3.05) is 22.9 Å². The van der Waals surface area contributed by atoms with Crippen LogP contribution in [0, 0.1) is 11.6 Å². The second-order valence-corrected chi connectivity index (χ2v) is 9.13. The number of halogens is 2. The second kappa shape index (κ2) is 9.88. The first-order chi connectivity index (χ1) is 13.2. The van der Waals surface area contributed by atoms with Crippen LogP contribution in [-0.4, -0.2) is 38.9 Å². The van der Waals surface area contributed by atoms with Crippen molar-refractivity contribution in [1.82, 2.24) is 5.32 Å². The van der Waals surface area contributed by atoms with Crippen LogP contribution in [0.15, 0.2) is 48.5 Å². The molecule has 2 rings (SSSR count). The van der Waals surface area contributed by atoms with Crippen LogP contribution < -0.4 is 9.62 Å². The van der Waals surface area contributed by atoms with Crippen LogP contribution >= 0.6 is 11.8 Å². The molecule has 1 amide bonds. The predicted molar refractivity (Wildman–Crippen MR) is 109 cm³/mol. The zero-order valence-electron chi connectivity index (χ0n) is 15.6. The van der Waals surface area contributed by atoms with Crippen LogP contribution in [0.2, 0.25) is 0 Å². The van der Waals surface area contributed by atoms with E-state index in [4.69, 9.17) is 0 Å². The van der Waals surface area contributed by atoms with E-state index in [0.717, 1.165) is 34.5 Å². The van der Waals surface area contributed by atoms with Gasteiger partial charge in [-0.1, -0.05) is 30.3 Å². The monoisotopic (exact) mass is 428 g/mol. The molecule has 2 aromatic rings. The lowest BCUT2D eigenvalue weighted by Crippen LogP contribution is -2.48. The summed E-state index contributed by atoms with van der Waals surface area (Å²) in [7, 11) is -3.88. The van der Waals surface area contributed by atoms with E-state index in [1.807, 2.05) is 30.3 Å². The Morgan fingerprint density at radius 3 is 2.43 bits per heavy atom. The SMILES string of the molecule is C[C@@H](C(=O)NCCSCc1ccccc1)N(c1ccc(F)c(F)c1)S(C)(=O)=O. The third-order valence-electron chi connectivity index (χ3n) is 3.90. The number of hydrogen-bond donors (Lipinski definition) is 1. The standard InChI is InChI=1S/C19H22F2N2O3S2/c1-14(19(24)22-10-11-27-13-15-6-4-3-5-7-15)23(28(2,25)26)16-8-9-17(20)18(21)12-16/h3-9,12,14H,10-11,13H2,1-2H3,(H,22,24)/t14-/m0/s1. The maximum Gasteiger partial charge on any atom is 0.243 e. The van der Waals surface area contributed by atoms with E-state index >= 15 is 0 Å². The molecule has 1 N–H and O–H groups in total. The van der Waals surface area contributed by atoms with Gasteiger partial charge in [-0.2, -0.15) is 11.8 Å². The first kappa shape index (κ1) is 22.2. The fraction of sp³-hybridized carbons (Fsp3) is 0.316. The highest BCUT2D eigenvalue weighted by Crippen LogP contribution is 2.23. The summed E-state index contributed by atoms with van der Waals surface area (Å²) in [4.78, 5) is 12.4. The number of benzene rings is 2. The van der Waals surface area contributed by atoms with Crippen molar-refractivity contribution >= 4 is 33.4 Å². The van der Waals surface area contributed by atoms with Crippen molar-refractivity contribution in [1.29, 1.82) is 0 Å². The van der Waals surface area contributed by atoms with Crippen LogP contribution in [0.3, 0.4) is 0 Å². The summed E-state index contributed by atoms with van der Waals surface area (Å²) in [6.07, 6.45) is 0.910. The molecule has 0 aliphatic heterocycles. The van der Waals surface area contributed by atoms with Gasteiger partial charge in [-0.25, -0.2) is 17.2 Å². The molecule has 0 bridgehead atoms. The van der Waals surface area contributed by atoms with Crippen molar-refractivity contribution in [2.24, 2.45) is 0 Å². The van der Waals surface area contributed by atoms with E-state index in [-0.39, 0.29) is 5.69 Å². The summed E-state index contributed by atoms with van der Waals surface area (Å²) in [5.41, 5.74) is 1.07. The van der Waals surface area contributed by atoms with Crippen molar-refractivity contribution in [3.05, 3.63) is 65.7 Å². The average Bonchev–Trinajstić information content (AvgIpc) is 2.64. The second-order valence-electron chi connectivity index (χ2n) is 6.16. The molecule has 0 aliphatic rings. The number of hydrogen-bond acceptors (Lipinski definition) is 4. The maximum absolute atomic E-state index is 13.5. The average molecular weight is 429 g/mol. The molecule has 28 heavy (non-hydrogen) atoms. The quantitative estimate of drug-likeness (QED) is 0.623. The molecule has 0 saturated carbocycles. The van der Waals surface area contributed by atoms with Gasteiger partial charge in [-0.15, -0.1) is 0 Å². The molecule has 0 radical (unpaired) electrons. The highest BCUT2D eigenvalue weighted by Gasteiger charge is 2.29. The normalized spacial score (nSPS) is 12.4. The Balaban J connectivity index is 1.95. The summed E-state index contributed by atoms with van der Waals surface area (Å²) in [6, 6.07) is 11.5. The Labute approximate surface area is 168 Å². The van der Waals surface area contributed by atoms with Gasteiger partial charge in [0.2, 0.25) is 15.9 Å². The van der Waals surface area contributed by atoms with Gasteiger partial charge < -0.3 is 5.32 Å². The van der Waals surface area contributed by atoms with Gasteiger partial charge in [0.05, 0.1) is 11.9 Å². The minimum atomic E-state index is -3.88. The number of carbonyl (C=O) groups excluding carboxylic acids is 1. The van der Waals surface area contributed by atoms with Crippen LogP contribution in [0.1, 0.15) is 12.5 Å². The summed E-state index contributed by atoms with van der Waals surface area (Å²) in [5.74, 6) is -1.34. The van der Waals surface area contributed by atoms with Crippen molar-refractivity contribution in [3.8, 4) is 0 Å². The fourth-order valence-electron chi connectivity index (χ4n) is 2.59. The molecule has 0 saturated heterocycles. The van der Waals surface area contributed by atoms with Crippen LogP contribution in [0.5, 0.6) is 0 Å². The molecule has 9 heteroatoms. The molecule has 5 nitrogen and oxygen atoms in total. The van der Waals surface area contributed by atoms with Gasteiger partial charge in [0, 0.05) is 24.1 Å². The molecule has 1 atom stereocenters. The molecule has 0 aliphatic carbocycles. The third-order valence-corrected chi connectivity index (χ3v) is 6.18. The van der Waals surface area contributed by atoms with Crippen LogP contribution in [-0.2, 0) is 20.6 Å². The summed E-state index contributed by atoms with van der Waals surface area (Å²) in [6.45, 7) is 1.75. The van der Waals surface area contributed by atoms with Gasteiger partial charge in [-0.05, 0) is 24.6 Å². The van der Waals surface area contributed by atoms with E-state index in [1.54, 1.807) is 11.8 Å². The van der Waals surface area contributed by atoms with Crippen molar-refractivity contribution in [3.63, 3.8) is 0 Å². The van der Waals surface area contributed by atoms with E-state index in [9.17, 15) is 22.0 Å². The number of sulfonamides is 1. The molecule has 152 valence electrons. The van der Waals surface area contributed by atoms with Crippen LogP contribution in [0.4, 0.5) is 14.5 Å². The van der Waals surface area contributed by atoms with Gasteiger partial charge in [0.25, 0.3) is 0 Å². The van der Waals surface area contributed by atoms with Crippen LogP contribution in [0.25, 0.3) is 0 Å². The molecule has 0 fully saturated rings. The molecule has 0 heterocycles. The molecule has 0 aromatic heterocycles. The van der Waals surface area contributed by atoms with E-state index in [1.165, 1.54) is 12.5 Å². The highest BCUT2D eigenvalue weighted by molar-refractivity contribution is 7.98. The third kappa shape index (κ3) is 6.20. The number of rotatable bonds is 9. The number of thioether (sulfide) groups is 1. The predicted octanol–water partition coefficient (Wildman–Crippen LogP) is 3.17. The highest BCUT2D eigenvalue weighted by atomic mass is 32.2. The number of carbonyl (C=O) groups is 1. The van der Waals surface area contributed by atoms with Crippen molar-refractivity contribution in [2.45, 2.75) is 18.7 Å². The topological polar surface area (TPSA) is 66.5 Å². The fourth-order valence-corrected chi connectivity index (χ4v) is 4.57. The molecule has 0 unspecified atom stereocenters. The largest absolute Gasteiger partial charge is 0.353 e. The first-order valence-corrected chi connectivity index (χ1v) is 11.5. The minimum Gasteiger partial charge on any atom is -0.353 e. The minimum absolute atomic E-state index is 0.109. The lowest BCUT2D eigenvalue weighted by atomic mass is 10.2. The Bertz CT molecular complexity index is 909. The van der Waals surface area contributed by atoms with Gasteiger partial charge >= 0.3 is 0 Å². The van der Waals surface area contributed by atoms with Gasteiger partial charge in [0.15, 0.2) is 11.6 Å². The number of anilines is 1. The maximum atomic E-state index is 13.5. The zero-order chi connectivity index (χ0) is 20.7. The zero-order valence-corrected chi connectivity index (χ0v) is 17.2. The van der Waals surface area contributed by atoms with E-state index in [2.05, 4.69) is 5.32 Å². The molecular formula is C19H22F2N2O3S2. The lowest BCUT2D eigenvalue weighted by Gasteiger charge is -2.28. The number of amides is 1. The Hall–Kier alpha value is -2.13. The van der Waals surface area contributed by atoms with E-state index < -0.39 is 33.6 Å². The molecule has 2 aromatic carbocycles. The van der Waals surface area contributed by atoms with Gasteiger partial charge in [-0.3, -0.25) is 9.10 Å². The van der Waals surface area contributed by atoms with Gasteiger partial charge in [0.1, 0.15) is 6.04 Å². The summed E-state index contributed by atoms with van der Waals surface area (Å²) >= 11 is 1.64. The Morgan fingerprint density at radius 1 is 1.14 bits per heavy atom. The lowest BCUT2D eigenvalue weighted by molar-refractivity contribution is -0.121. The first-order valence-electron chi connectivity index (χ1n) is 8.54. The Morgan fingerprint density at radius 2 is 1.82 bits per heavy atom. The summed E-state index contributed by atoms with van der Waals surface area (Å²) in [5, 5.41) is 2.68. The summed E-state index contributed by atoms with van der Waals surface area (Å²) < 4.78 is 51.7. The van der Waals surface area contributed by atoms with Crippen molar-refractivity contribution < 1.29 is 22.0 Å². The molecular weight excluding hydrogens is 406 g/mol. The molecule has 0 spiro atoms. The smallest absolute Gasteiger partial charge is 0.243 e.